The molecule has 0 heterocycles. The van der Waals surface area contributed by atoms with E-state index in [9.17, 15) is 4.79 Å². The van der Waals surface area contributed by atoms with Gasteiger partial charge >= 0.3 is 0 Å². The van der Waals surface area contributed by atoms with Gasteiger partial charge in [0.25, 0.3) is 0 Å². The third-order valence-corrected chi connectivity index (χ3v) is 1.68. The summed E-state index contributed by atoms with van der Waals surface area (Å²) in [5.74, 6) is -0.120. The van der Waals surface area contributed by atoms with Gasteiger partial charge in [-0.2, -0.15) is 0 Å². The molecule has 0 fully saturated rings. The van der Waals surface area contributed by atoms with Crippen molar-refractivity contribution in [1.82, 2.24) is 5.32 Å². The number of nitrogens with two attached hydrogens (primary N) is 1. The van der Waals surface area contributed by atoms with E-state index >= 15 is 0 Å². The molecule has 0 aliphatic carbocycles. The minimum Gasteiger partial charge on any atom is -0.392 e. The maximum absolute atomic E-state index is 11.3. The standard InChI is InChI=1S/C8H18N2O2/c1-6(11)4-10-7(12)8(2,3)5-9/h6,11H,4-5,9H2,1-3H3,(H,10,12)/t6-/m1/s1. The van der Waals surface area contributed by atoms with E-state index in [2.05, 4.69) is 5.32 Å². The quantitative estimate of drug-likeness (QED) is 0.536. The van der Waals surface area contributed by atoms with E-state index in [1.54, 1.807) is 20.8 Å². The van der Waals surface area contributed by atoms with Crippen molar-refractivity contribution in [3.05, 3.63) is 0 Å². The van der Waals surface area contributed by atoms with Crippen molar-refractivity contribution < 1.29 is 9.90 Å². The molecule has 4 heteroatoms. The molecule has 0 aromatic heterocycles. The van der Waals surface area contributed by atoms with Crippen molar-refractivity contribution in [3.8, 4) is 0 Å². The first-order chi connectivity index (χ1) is 5.40. The maximum atomic E-state index is 11.3. The van der Waals surface area contributed by atoms with Crippen molar-refractivity contribution in [2.75, 3.05) is 13.1 Å². The van der Waals surface area contributed by atoms with Crippen molar-refractivity contribution in [1.29, 1.82) is 0 Å². The number of carbonyl (C=O) groups excluding carboxylic acids is 1. The number of amides is 1. The van der Waals surface area contributed by atoms with Crippen LogP contribution in [0.3, 0.4) is 0 Å². The summed E-state index contributed by atoms with van der Waals surface area (Å²) < 4.78 is 0. The highest BCUT2D eigenvalue weighted by molar-refractivity contribution is 5.82. The van der Waals surface area contributed by atoms with Gasteiger partial charge in [-0.25, -0.2) is 0 Å². The highest BCUT2D eigenvalue weighted by Crippen LogP contribution is 2.11. The average molecular weight is 174 g/mol. The second kappa shape index (κ2) is 4.42. The lowest BCUT2D eigenvalue weighted by molar-refractivity contribution is -0.129. The Balaban J connectivity index is 3.88. The lowest BCUT2D eigenvalue weighted by Crippen LogP contribution is -2.43. The molecule has 0 aliphatic heterocycles. The predicted octanol–water partition coefficient (Wildman–Crippen LogP) is -0.532. The zero-order valence-corrected chi connectivity index (χ0v) is 7.92. The summed E-state index contributed by atoms with van der Waals surface area (Å²) in [6.07, 6.45) is -0.512. The predicted molar refractivity (Wildman–Crippen MR) is 47.5 cm³/mol. The van der Waals surface area contributed by atoms with Gasteiger partial charge in [-0.3, -0.25) is 4.79 Å². The summed E-state index contributed by atoms with van der Waals surface area (Å²) in [5, 5.41) is 11.5. The van der Waals surface area contributed by atoms with Gasteiger partial charge in [-0.15, -0.1) is 0 Å². The van der Waals surface area contributed by atoms with Crippen LogP contribution in [0.1, 0.15) is 20.8 Å². The Bertz CT molecular complexity index is 155. The molecule has 1 atom stereocenters. The van der Waals surface area contributed by atoms with Gasteiger partial charge in [0, 0.05) is 13.1 Å². The topological polar surface area (TPSA) is 75.3 Å². The summed E-state index contributed by atoms with van der Waals surface area (Å²) >= 11 is 0. The Morgan fingerprint density at radius 3 is 2.50 bits per heavy atom. The lowest BCUT2D eigenvalue weighted by atomic mass is 9.93. The molecule has 0 aliphatic rings. The number of aliphatic hydroxyl groups excluding tert-OH is 1. The molecule has 0 radical (unpaired) electrons. The molecule has 0 bridgehead atoms. The second-order valence-corrected chi connectivity index (χ2v) is 3.65. The SMILES string of the molecule is C[C@@H](O)CNC(=O)C(C)(C)CN. The maximum Gasteiger partial charge on any atom is 0.227 e. The Kier molecular flexibility index (Phi) is 4.20. The lowest BCUT2D eigenvalue weighted by Gasteiger charge is -2.21. The van der Waals surface area contributed by atoms with Gasteiger partial charge in [0.2, 0.25) is 5.91 Å². The fourth-order valence-corrected chi connectivity index (χ4v) is 0.572. The molecule has 12 heavy (non-hydrogen) atoms. The highest BCUT2D eigenvalue weighted by Gasteiger charge is 2.25. The van der Waals surface area contributed by atoms with E-state index in [1.807, 2.05) is 0 Å². The van der Waals surface area contributed by atoms with Gasteiger partial charge in [0.15, 0.2) is 0 Å². The molecule has 0 saturated heterocycles. The molecule has 0 aromatic rings. The molecule has 1 amide bonds. The van der Waals surface area contributed by atoms with Crippen molar-refractivity contribution in [3.63, 3.8) is 0 Å². The van der Waals surface area contributed by atoms with E-state index in [4.69, 9.17) is 10.8 Å². The van der Waals surface area contributed by atoms with Crippen molar-refractivity contribution in [2.45, 2.75) is 26.9 Å². The summed E-state index contributed by atoms with van der Waals surface area (Å²) in [5.41, 5.74) is 4.84. The first-order valence-corrected chi connectivity index (χ1v) is 4.06. The summed E-state index contributed by atoms with van der Waals surface area (Å²) in [6, 6.07) is 0. The van der Waals surface area contributed by atoms with Gasteiger partial charge in [-0.05, 0) is 20.8 Å². The van der Waals surface area contributed by atoms with Gasteiger partial charge in [0.05, 0.1) is 11.5 Å². The Hall–Kier alpha value is -0.610. The molecular formula is C8H18N2O2. The van der Waals surface area contributed by atoms with Crippen LogP contribution in [0, 0.1) is 5.41 Å². The summed E-state index contributed by atoms with van der Waals surface area (Å²) in [6.45, 7) is 5.74. The van der Waals surface area contributed by atoms with Crippen LogP contribution < -0.4 is 11.1 Å². The summed E-state index contributed by atoms with van der Waals surface area (Å²) in [4.78, 5) is 11.3. The minimum absolute atomic E-state index is 0.120. The zero-order valence-electron chi connectivity index (χ0n) is 7.92. The van der Waals surface area contributed by atoms with E-state index in [0.29, 0.717) is 6.54 Å². The Morgan fingerprint density at radius 2 is 2.17 bits per heavy atom. The largest absolute Gasteiger partial charge is 0.392 e. The van der Waals surface area contributed by atoms with Crippen molar-refractivity contribution >= 4 is 5.91 Å². The third-order valence-electron chi connectivity index (χ3n) is 1.68. The molecular weight excluding hydrogens is 156 g/mol. The van der Waals surface area contributed by atoms with Gasteiger partial charge in [0.1, 0.15) is 0 Å². The molecule has 0 aromatic carbocycles. The number of rotatable bonds is 4. The fraction of sp³-hybridized carbons (Fsp3) is 0.875. The first kappa shape index (κ1) is 11.4. The van der Waals surface area contributed by atoms with Crippen LogP contribution in [0.25, 0.3) is 0 Å². The molecule has 4 N–H and O–H groups in total. The molecule has 0 saturated carbocycles. The number of nitrogens with one attached hydrogen (secondary N) is 1. The van der Waals surface area contributed by atoms with Crippen LogP contribution in [0.4, 0.5) is 0 Å². The van der Waals surface area contributed by atoms with Gasteiger partial charge < -0.3 is 16.2 Å². The Morgan fingerprint density at radius 1 is 1.67 bits per heavy atom. The van der Waals surface area contributed by atoms with Gasteiger partial charge in [-0.1, -0.05) is 0 Å². The number of hydrogen-bond donors (Lipinski definition) is 3. The van der Waals surface area contributed by atoms with E-state index in [-0.39, 0.29) is 12.5 Å². The molecule has 4 nitrogen and oxygen atoms in total. The normalized spacial score (nSPS) is 14.1. The first-order valence-electron chi connectivity index (χ1n) is 4.06. The number of carbonyl (C=O) groups is 1. The molecule has 0 spiro atoms. The van der Waals surface area contributed by atoms with Crippen LogP contribution >= 0.6 is 0 Å². The summed E-state index contributed by atoms with van der Waals surface area (Å²) in [7, 11) is 0. The monoisotopic (exact) mass is 174 g/mol. The third kappa shape index (κ3) is 3.69. The van der Waals surface area contributed by atoms with E-state index < -0.39 is 11.5 Å². The van der Waals surface area contributed by atoms with Crippen LogP contribution in [-0.2, 0) is 4.79 Å². The minimum atomic E-state index is -0.547. The number of aliphatic hydroxyl groups is 1. The number of hydrogen-bond acceptors (Lipinski definition) is 3. The Labute approximate surface area is 73.1 Å². The van der Waals surface area contributed by atoms with Crippen molar-refractivity contribution in [2.24, 2.45) is 11.1 Å². The van der Waals surface area contributed by atoms with E-state index in [0.717, 1.165) is 0 Å². The van der Waals surface area contributed by atoms with E-state index in [1.165, 1.54) is 0 Å². The second-order valence-electron chi connectivity index (χ2n) is 3.65. The average Bonchev–Trinajstić information content (AvgIpc) is 2.00. The van der Waals surface area contributed by atoms with Crippen LogP contribution in [0.5, 0.6) is 0 Å². The smallest absolute Gasteiger partial charge is 0.227 e. The fourth-order valence-electron chi connectivity index (χ4n) is 0.572. The van der Waals surface area contributed by atoms with Crippen LogP contribution in [0.2, 0.25) is 0 Å². The van der Waals surface area contributed by atoms with Crippen LogP contribution in [0.15, 0.2) is 0 Å². The molecule has 0 rings (SSSR count). The highest BCUT2D eigenvalue weighted by atomic mass is 16.3. The molecule has 0 unspecified atom stereocenters. The zero-order chi connectivity index (χ0) is 9.78. The van der Waals surface area contributed by atoms with Crippen LogP contribution in [-0.4, -0.2) is 30.2 Å². The molecule has 72 valence electrons.